The van der Waals surface area contributed by atoms with E-state index in [1.165, 1.54) is 43.6 Å². The minimum absolute atomic E-state index is 0.570. The number of hydrogen-bond acceptors (Lipinski definition) is 2. The van der Waals surface area contributed by atoms with Crippen LogP contribution in [0.2, 0.25) is 0 Å². The summed E-state index contributed by atoms with van der Waals surface area (Å²) in [4.78, 5) is 2.63. The number of benzene rings is 2. The van der Waals surface area contributed by atoms with E-state index in [1.54, 1.807) is 0 Å². The van der Waals surface area contributed by atoms with Gasteiger partial charge in [-0.15, -0.1) is 0 Å². The van der Waals surface area contributed by atoms with Crippen molar-refractivity contribution >= 4 is 0 Å². The predicted octanol–water partition coefficient (Wildman–Crippen LogP) is 4.04. The van der Waals surface area contributed by atoms with Crippen molar-refractivity contribution in [3.8, 4) is 0 Å². The zero-order chi connectivity index (χ0) is 15.9. The lowest BCUT2D eigenvalue weighted by molar-refractivity contribution is 0.171. The topological polar surface area (TPSA) is 15.3 Å². The molecule has 1 heterocycles. The van der Waals surface area contributed by atoms with E-state index in [0.717, 1.165) is 6.54 Å². The van der Waals surface area contributed by atoms with E-state index in [4.69, 9.17) is 0 Å². The second-order valence-electron chi connectivity index (χ2n) is 6.67. The van der Waals surface area contributed by atoms with Crippen LogP contribution in [0.4, 0.5) is 0 Å². The molecular weight excluding hydrogens is 280 g/mol. The molecule has 1 aliphatic rings. The molecule has 0 spiro atoms. The molecule has 2 nitrogen and oxygen atoms in total. The Hall–Kier alpha value is -1.64. The van der Waals surface area contributed by atoms with Gasteiger partial charge >= 0.3 is 0 Å². The third-order valence-electron chi connectivity index (χ3n) is 4.77. The molecule has 0 bridgehead atoms. The number of nitrogens with one attached hydrogen (secondary N) is 1. The maximum atomic E-state index is 3.78. The summed E-state index contributed by atoms with van der Waals surface area (Å²) in [6.07, 6.45) is 2.46. The Morgan fingerprint density at radius 2 is 1.65 bits per heavy atom. The van der Waals surface area contributed by atoms with Gasteiger partial charge in [-0.1, -0.05) is 67.6 Å². The summed E-state index contributed by atoms with van der Waals surface area (Å²) in [5.41, 5.74) is 2.86. The van der Waals surface area contributed by atoms with Gasteiger partial charge in [0.1, 0.15) is 0 Å². The first-order chi connectivity index (χ1) is 11.3. The molecule has 1 saturated heterocycles. The first kappa shape index (κ1) is 16.2. The van der Waals surface area contributed by atoms with Crippen LogP contribution in [0.5, 0.6) is 0 Å². The van der Waals surface area contributed by atoms with Crippen LogP contribution in [0, 0.1) is 0 Å². The molecule has 0 amide bonds. The number of nitrogens with zero attached hydrogens (tertiary/aromatic N) is 1. The highest BCUT2D eigenvalue weighted by Crippen LogP contribution is 2.27. The van der Waals surface area contributed by atoms with Gasteiger partial charge in [0.25, 0.3) is 0 Å². The van der Waals surface area contributed by atoms with Gasteiger partial charge in [0, 0.05) is 25.7 Å². The normalized spacial score (nSPS) is 22.1. The molecule has 122 valence electrons. The molecule has 2 unspecified atom stereocenters. The molecule has 3 rings (SSSR count). The Kier molecular flexibility index (Phi) is 5.84. The van der Waals surface area contributed by atoms with Crippen molar-refractivity contribution in [1.82, 2.24) is 10.2 Å². The third-order valence-corrected chi connectivity index (χ3v) is 4.77. The summed E-state index contributed by atoms with van der Waals surface area (Å²) in [6.45, 7) is 6.81. The SMILES string of the molecule is CCCN1CC(NCc2ccccc2)CC(c2ccccc2)C1. The fourth-order valence-corrected chi connectivity index (χ4v) is 3.66. The quantitative estimate of drug-likeness (QED) is 0.866. The van der Waals surface area contributed by atoms with Crippen LogP contribution >= 0.6 is 0 Å². The molecule has 1 aliphatic heterocycles. The summed E-state index contributed by atoms with van der Waals surface area (Å²) in [7, 11) is 0. The van der Waals surface area contributed by atoms with E-state index < -0.39 is 0 Å². The summed E-state index contributed by atoms with van der Waals surface area (Å²) in [5, 5.41) is 3.78. The van der Waals surface area contributed by atoms with Gasteiger partial charge in [0.05, 0.1) is 0 Å². The van der Waals surface area contributed by atoms with Gasteiger partial charge in [-0.2, -0.15) is 0 Å². The minimum atomic E-state index is 0.570. The monoisotopic (exact) mass is 308 g/mol. The number of likely N-dealkylation sites (tertiary alicyclic amines) is 1. The van der Waals surface area contributed by atoms with Crippen molar-refractivity contribution in [2.75, 3.05) is 19.6 Å². The highest BCUT2D eigenvalue weighted by atomic mass is 15.2. The lowest BCUT2D eigenvalue weighted by Crippen LogP contribution is -2.48. The largest absolute Gasteiger partial charge is 0.309 e. The van der Waals surface area contributed by atoms with E-state index in [9.17, 15) is 0 Å². The summed E-state index contributed by atoms with van der Waals surface area (Å²) >= 11 is 0. The Morgan fingerprint density at radius 1 is 0.957 bits per heavy atom. The Bertz CT molecular complexity index is 567. The lowest BCUT2D eigenvalue weighted by atomic mass is 9.88. The van der Waals surface area contributed by atoms with Crippen molar-refractivity contribution in [1.29, 1.82) is 0 Å². The highest BCUT2D eigenvalue weighted by molar-refractivity contribution is 5.21. The average Bonchev–Trinajstić information content (AvgIpc) is 2.62. The van der Waals surface area contributed by atoms with Gasteiger partial charge < -0.3 is 10.2 Å². The molecular formula is C21H28N2. The number of hydrogen-bond donors (Lipinski definition) is 1. The summed E-state index contributed by atoms with van der Waals surface area (Å²) < 4.78 is 0. The second-order valence-corrected chi connectivity index (χ2v) is 6.67. The molecule has 1 fully saturated rings. The zero-order valence-corrected chi connectivity index (χ0v) is 14.1. The Morgan fingerprint density at radius 3 is 2.35 bits per heavy atom. The van der Waals surface area contributed by atoms with Crippen molar-refractivity contribution in [2.45, 2.75) is 38.3 Å². The first-order valence-electron chi connectivity index (χ1n) is 8.89. The molecule has 2 atom stereocenters. The fourth-order valence-electron chi connectivity index (χ4n) is 3.66. The van der Waals surface area contributed by atoms with Crippen LogP contribution in [-0.4, -0.2) is 30.6 Å². The van der Waals surface area contributed by atoms with Crippen LogP contribution in [0.25, 0.3) is 0 Å². The maximum absolute atomic E-state index is 3.78. The van der Waals surface area contributed by atoms with Crippen molar-refractivity contribution in [3.63, 3.8) is 0 Å². The predicted molar refractivity (Wildman–Crippen MR) is 97.6 cm³/mol. The van der Waals surface area contributed by atoms with Crippen LogP contribution in [0.3, 0.4) is 0 Å². The van der Waals surface area contributed by atoms with E-state index in [0.29, 0.717) is 12.0 Å². The molecule has 2 heteroatoms. The van der Waals surface area contributed by atoms with Gasteiger partial charge in [0.15, 0.2) is 0 Å². The maximum Gasteiger partial charge on any atom is 0.0208 e. The van der Waals surface area contributed by atoms with Crippen LogP contribution in [0.15, 0.2) is 60.7 Å². The Labute approximate surface area is 140 Å². The van der Waals surface area contributed by atoms with E-state index >= 15 is 0 Å². The zero-order valence-electron chi connectivity index (χ0n) is 14.1. The minimum Gasteiger partial charge on any atom is -0.309 e. The van der Waals surface area contributed by atoms with Crippen LogP contribution in [-0.2, 0) is 6.54 Å². The lowest BCUT2D eigenvalue weighted by Gasteiger charge is -2.38. The molecule has 2 aromatic rings. The molecule has 23 heavy (non-hydrogen) atoms. The van der Waals surface area contributed by atoms with Crippen LogP contribution < -0.4 is 5.32 Å². The molecule has 0 aliphatic carbocycles. The van der Waals surface area contributed by atoms with Crippen molar-refractivity contribution in [3.05, 3.63) is 71.8 Å². The van der Waals surface area contributed by atoms with E-state index in [-0.39, 0.29) is 0 Å². The fraction of sp³-hybridized carbons (Fsp3) is 0.429. The van der Waals surface area contributed by atoms with Crippen molar-refractivity contribution < 1.29 is 0 Å². The second kappa shape index (κ2) is 8.28. The van der Waals surface area contributed by atoms with Gasteiger partial charge in [-0.25, -0.2) is 0 Å². The smallest absolute Gasteiger partial charge is 0.0208 e. The summed E-state index contributed by atoms with van der Waals surface area (Å²) in [6, 6.07) is 22.3. The van der Waals surface area contributed by atoms with Gasteiger partial charge in [0.2, 0.25) is 0 Å². The highest BCUT2D eigenvalue weighted by Gasteiger charge is 2.27. The van der Waals surface area contributed by atoms with E-state index in [1.807, 2.05) is 0 Å². The number of piperidine rings is 1. The first-order valence-corrected chi connectivity index (χ1v) is 8.89. The van der Waals surface area contributed by atoms with Gasteiger partial charge in [-0.05, 0) is 36.4 Å². The van der Waals surface area contributed by atoms with Crippen LogP contribution in [0.1, 0.15) is 36.8 Å². The van der Waals surface area contributed by atoms with Gasteiger partial charge in [-0.3, -0.25) is 0 Å². The van der Waals surface area contributed by atoms with Crippen molar-refractivity contribution in [2.24, 2.45) is 0 Å². The Balaban J connectivity index is 1.64. The molecule has 0 aromatic heterocycles. The van der Waals surface area contributed by atoms with E-state index in [2.05, 4.69) is 77.8 Å². The average molecular weight is 308 g/mol. The molecule has 1 N–H and O–H groups in total. The molecule has 0 radical (unpaired) electrons. The number of rotatable bonds is 6. The summed E-state index contributed by atoms with van der Waals surface area (Å²) in [5.74, 6) is 0.643. The standard InChI is InChI=1S/C21H28N2/c1-2-13-23-16-20(19-11-7-4-8-12-19)14-21(17-23)22-15-18-9-5-3-6-10-18/h3-12,20-22H,2,13-17H2,1H3. The molecule has 0 saturated carbocycles. The third kappa shape index (κ3) is 4.66. The molecule has 2 aromatic carbocycles.